The molecule has 0 radical (unpaired) electrons. The van der Waals surface area contributed by atoms with Crippen molar-refractivity contribution in [3.8, 4) is 11.4 Å². The van der Waals surface area contributed by atoms with Crippen molar-refractivity contribution in [2.45, 2.75) is 6.54 Å². The van der Waals surface area contributed by atoms with Gasteiger partial charge in [0.1, 0.15) is 5.52 Å². The SMILES string of the molecule is [N-]=[N+]=NCc1cnc2c(N3CCOCC3)nc(-c3ccccc3)nc2c1. The van der Waals surface area contributed by atoms with E-state index in [1.54, 1.807) is 6.20 Å². The van der Waals surface area contributed by atoms with Gasteiger partial charge in [0.2, 0.25) is 0 Å². The molecule has 1 aromatic carbocycles. The van der Waals surface area contributed by atoms with Gasteiger partial charge in [0, 0.05) is 29.8 Å². The highest BCUT2D eigenvalue weighted by Crippen LogP contribution is 2.27. The van der Waals surface area contributed by atoms with Crippen molar-refractivity contribution in [3.63, 3.8) is 0 Å². The number of benzene rings is 1. The number of rotatable bonds is 4. The fourth-order valence-corrected chi connectivity index (χ4v) is 2.96. The van der Waals surface area contributed by atoms with E-state index in [0.717, 1.165) is 41.1 Å². The molecule has 3 heterocycles. The number of pyridine rings is 1. The quantitative estimate of drug-likeness (QED) is 0.409. The molecule has 1 aliphatic rings. The average Bonchev–Trinajstić information content (AvgIpc) is 2.72. The molecule has 0 unspecified atom stereocenters. The molecule has 0 atom stereocenters. The summed E-state index contributed by atoms with van der Waals surface area (Å²) in [6, 6.07) is 11.8. The number of fused-ring (bicyclic) bond motifs is 1. The Kier molecular flexibility index (Phi) is 4.59. The minimum Gasteiger partial charge on any atom is -0.378 e. The minimum atomic E-state index is 0.247. The van der Waals surface area contributed by atoms with Crippen molar-refractivity contribution in [1.82, 2.24) is 15.0 Å². The monoisotopic (exact) mass is 347 g/mol. The number of aromatic nitrogens is 3. The molecule has 0 saturated carbocycles. The molecule has 0 N–H and O–H groups in total. The van der Waals surface area contributed by atoms with E-state index in [1.165, 1.54) is 0 Å². The summed E-state index contributed by atoms with van der Waals surface area (Å²) in [5, 5.41) is 3.61. The van der Waals surface area contributed by atoms with E-state index in [0.29, 0.717) is 19.0 Å². The zero-order chi connectivity index (χ0) is 17.8. The summed E-state index contributed by atoms with van der Waals surface area (Å²) in [6.07, 6.45) is 1.71. The Morgan fingerprint density at radius 1 is 1.15 bits per heavy atom. The maximum atomic E-state index is 8.54. The predicted molar refractivity (Wildman–Crippen MR) is 98.7 cm³/mol. The summed E-state index contributed by atoms with van der Waals surface area (Å²) < 4.78 is 5.46. The summed E-state index contributed by atoms with van der Waals surface area (Å²) >= 11 is 0. The molecule has 0 bridgehead atoms. The first-order valence-corrected chi connectivity index (χ1v) is 8.41. The van der Waals surface area contributed by atoms with Crippen LogP contribution in [0.15, 0.2) is 47.7 Å². The van der Waals surface area contributed by atoms with Gasteiger partial charge in [0.15, 0.2) is 11.6 Å². The summed E-state index contributed by atoms with van der Waals surface area (Å²) in [4.78, 5) is 19.0. The maximum Gasteiger partial charge on any atom is 0.162 e. The lowest BCUT2D eigenvalue weighted by molar-refractivity contribution is 0.122. The molecule has 0 spiro atoms. The molecular weight excluding hydrogens is 330 g/mol. The minimum absolute atomic E-state index is 0.247. The van der Waals surface area contributed by atoms with Crippen molar-refractivity contribution in [3.05, 3.63) is 58.6 Å². The molecule has 26 heavy (non-hydrogen) atoms. The molecule has 0 aliphatic carbocycles. The van der Waals surface area contributed by atoms with Crippen LogP contribution >= 0.6 is 0 Å². The molecule has 0 amide bonds. The number of anilines is 1. The topological polar surface area (TPSA) is 99.9 Å². The van der Waals surface area contributed by atoms with Crippen molar-refractivity contribution >= 4 is 16.9 Å². The number of nitrogens with zero attached hydrogens (tertiary/aromatic N) is 7. The molecule has 2 aromatic heterocycles. The fraction of sp³-hybridized carbons (Fsp3) is 0.278. The van der Waals surface area contributed by atoms with Gasteiger partial charge in [-0.3, -0.25) is 4.98 Å². The van der Waals surface area contributed by atoms with Gasteiger partial charge in [-0.2, -0.15) is 0 Å². The largest absolute Gasteiger partial charge is 0.378 e. The van der Waals surface area contributed by atoms with Crippen LogP contribution in [0.3, 0.4) is 0 Å². The van der Waals surface area contributed by atoms with Gasteiger partial charge in [-0.25, -0.2) is 9.97 Å². The van der Waals surface area contributed by atoms with E-state index in [4.69, 9.17) is 20.2 Å². The van der Waals surface area contributed by atoms with E-state index in [1.807, 2.05) is 36.4 Å². The Bertz CT molecular complexity index is 964. The smallest absolute Gasteiger partial charge is 0.162 e. The van der Waals surface area contributed by atoms with E-state index in [2.05, 4.69) is 19.9 Å². The van der Waals surface area contributed by atoms with Crippen LogP contribution < -0.4 is 4.90 Å². The summed E-state index contributed by atoms with van der Waals surface area (Å²) in [5.41, 5.74) is 11.8. The first-order chi connectivity index (χ1) is 12.8. The number of azide groups is 1. The van der Waals surface area contributed by atoms with Gasteiger partial charge in [0.05, 0.1) is 25.3 Å². The van der Waals surface area contributed by atoms with Crippen LogP contribution in [0.2, 0.25) is 0 Å². The molecule has 130 valence electrons. The summed E-state index contributed by atoms with van der Waals surface area (Å²) in [5.74, 6) is 1.47. The zero-order valence-corrected chi connectivity index (χ0v) is 14.1. The number of hydrogen-bond donors (Lipinski definition) is 0. The number of morpholine rings is 1. The van der Waals surface area contributed by atoms with Crippen LogP contribution in [0.1, 0.15) is 5.56 Å². The maximum absolute atomic E-state index is 8.54. The van der Waals surface area contributed by atoms with Gasteiger partial charge >= 0.3 is 0 Å². The first-order valence-electron chi connectivity index (χ1n) is 8.41. The molecule has 3 aromatic rings. The lowest BCUT2D eigenvalue weighted by Gasteiger charge is -2.28. The van der Waals surface area contributed by atoms with Crippen LogP contribution in [0.4, 0.5) is 5.82 Å². The van der Waals surface area contributed by atoms with Crippen molar-refractivity contribution in [2.75, 3.05) is 31.2 Å². The third-order valence-corrected chi connectivity index (χ3v) is 4.23. The molecule has 8 nitrogen and oxygen atoms in total. The Labute approximate surface area is 150 Å². The Balaban J connectivity index is 1.87. The molecular formula is C18H17N7O. The van der Waals surface area contributed by atoms with E-state index in [9.17, 15) is 0 Å². The van der Waals surface area contributed by atoms with Gasteiger partial charge in [-0.05, 0) is 17.2 Å². The highest BCUT2D eigenvalue weighted by atomic mass is 16.5. The lowest BCUT2D eigenvalue weighted by atomic mass is 10.2. The predicted octanol–water partition coefficient (Wildman–Crippen LogP) is 3.34. The second-order valence-electron chi connectivity index (χ2n) is 5.94. The molecule has 1 fully saturated rings. The van der Waals surface area contributed by atoms with E-state index >= 15 is 0 Å². The van der Waals surface area contributed by atoms with Crippen LogP contribution in [0, 0.1) is 0 Å². The molecule has 8 heteroatoms. The first kappa shape index (κ1) is 16.3. The third kappa shape index (κ3) is 3.28. The second-order valence-corrected chi connectivity index (χ2v) is 5.94. The zero-order valence-electron chi connectivity index (χ0n) is 14.1. The third-order valence-electron chi connectivity index (χ3n) is 4.23. The number of ether oxygens (including phenoxy) is 1. The number of hydrogen-bond acceptors (Lipinski definition) is 6. The highest BCUT2D eigenvalue weighted by Gasteiger charge is 2.19. The normalized spacial score (nSPS) is 14.2. The van der Waals surface area contributed by atoms with Crippen molar-refractivity contribution in [2.24, 2.45) is 5.11 Å². The van der Waals surface area contributed by atoms with Crippen LogP contribution in [-0.2, 0) is 11.3 Å². The molecule has 1 aliphatic heterocycles. The lowest BCUT2D eigenvalue weighted by Crippen LogP contribution is -2.37. The standard InChI is InChI=1S/C18H17N7O/c19-24-21-12-13-10-15-16(20-11-13)18(25-6-8-26-9-7-25)23-17(22-15)14-4-2-1-3-5-14/h1-5,10-11H,6-9,12H2. The van der Waals surface area contributed by atoms with E-state index in [-0.39, 0.29) is 6.54 Å². The van der Waals surface area contributed by atoms with Crippen LogP contribution in [-0.4, -0.2) is 41.3 Å². The van der Waals surface area contributed by atoms with Crippen molar-refractivity contribution in [1.29, 1.82) is 0 Å². The molecule has 1 saturated heterocycles. The van der Waals surface area contributed by atoms with Gasteiger partial charge in [0.25, 0.3) is 0 Å². The summed E-state index contributed by atoms with van der Waals surface area (Å²) in [7, 11) is 0. The van der Waals surface area contributed by atoms with E-state index < -0.39 is 0 Å². The van der Waals surface area contributed by atoms with Crippen LogP contribution in [0.5, 0.6) is 0 Å². The average molecular weight is 347 g/mol. The van der Waals surface area contributed by atoms with Gasteiger partial charge in [-0.1, -0.05) is 35.4 Å². The Morgan fingerprint density at radius 2 is 1.96 bits per heavy atom. The fourth-order valence-electron chi connectivity index (χ4n) is 2.96. The van der Waals surface area contributed by atoms with Crippen molar-refractivity contribution < 1.29 is 4.74 Å². The highest BCUT2D eigenvalue weighted by molar-refractivity contribution is 5.87. The van der Waals surface area contributed by atoms with Gasteiger partial charge in [-0.15, -0.1) is 0 Å². The summed E-state index contributed by atoms with van der Waals surface area (Å²) in [6.45, 7) is 3.12. The molecule has 4 rings (SSSR count). The Morgan fingerprint density at radius 3 is 2.73 bits per heavy atom. The van der Waals surface area contributed by atoms with Crippen LogP contribution in [0.25, 0.3) is 32.9 Å². The van der Waals surface area contributed by atoms with Gasteiger partial charge < -0.3 is 9.64 Å². The second kappa shape index (κ2) is 7.35. The Hall–Kier alpha value is -3.22.